The maximum absolute atomic E-state index is 12.9. The molecule has 0 aliphatic rings. The minimum absolute atomic E-state index is 0.217. The van der Waals surface area contributed by atoms with Gasteiger partial charge in [0.25, 0.3) is 5.91 Å². The van der Waals surface area contributed by atoms with Crippen molar-refractivity contribution in [3.8, 4) is 17.1 Å². The van der Waals surface area contributed by atoms with E-state index in [1.807, 2.05) is 55.6 Å². The summed E-state index contributed by atoms with van der Waals surface area (Å²) >= 11 is 5.92. The molecule has 2 aromatic heterocycles. The van der Waals surface area contributed by atoms with Crippen molar-refractivity contribution in [3.63, 3.8) is 0 Å². The van der Waals surface area contributed by atoms with Crippen molar-refractivity contribution in [2.24, 2.45) is 0 Å². The molecule has 8 nitrogen and oxygen atoms in total. The van der Waals surface area contributed by atoms with Gasteiger partial charge in [0.15, 0.2) is 6.04 Å². The lowest BCUT2D eigenvalue weighted by atomic mass is 10.2. The number of hydrogen-bond acceptors (Lipinski definition) is 5. The number of aromatic nitrogens is 6. The maximum Gasteiger partial charge on any atom is 0.251 e. The van der Waals surface area contributed by atoms with Crippen LogP contribution in [-0.2, 0) is 4.79 Å². The monoisotopic (exact) mass is 407 g/mol. The zero-order chi connectivity index (χ0) is 20.2. The van der Waals surface area contributed by atoms with Gasteiger partial charge in [0.1, 0.15) is 0 Å². The lowest BCUT2D eigenvalue weighted by Crippen LogP contribution is -2.27. The summed E-state index contributed by atoms with van der Waals surface area (Å²) in [6.07, 6.45) is 4.06. The highest BCUT2D eigenvalue weighted by Crippen LogP contribution is 2.20. The molecule has 1 atom stereocenters. The van der Waals surface area contributed by atoms with Crippen molar-refractivity contribution >= 4 is 23.2 Å². The fourth-order valence-electron chi connectivity index (χ4n) is 2.90. The highest BCUT2D eigenvalue weighted by molar-refractivity contribution is 6.30. The molecular weight excluding hydrogens is 390 g/mol. The van der Waals surface area contributed by atoms with E-state index in [1.165, 1.54) is 4.80 Å². The van der Waals surface area contributed by atoms with Gasteiger partial charge in [-0.15, -0.1) is 10.2 Å². The first kappa shape index (κ1) is 18.8. The summed E-state index contributed by atoms with van der Waals surface area (Å²) < 4.78 is 1.73. The second-order valence-electron chi connectivity index (χ2n) is 6.35. The molecule has 0 saturated heterocycles. The summed E-state index contributed by atoms with van der Waals surface area (Å²) in [5.74, 6) is 0.221. The third-order valence-corrected chi connectivity index (χ3v) is 4.63. The molecule has 4 aromatic rings. The standard InChI is InChI=1S/C20H18ClN7O/c1-2-18(28-25-19(24-26-28)14-7-9-15(21)10-8-14)20(29)23-16-5-3-6-17(13-16)27-12-4-11-22-27/h3-13,18H,2H2,1H3,(H,23,29). The lowest BCUT2D eigenvalue weighted by molar-refractivity contribution is -0.119. The molecule has 0 spiro atoms. The Morgan fingerprint density at radius 1 is 1.17 bits per heavy atom. The van der Waals surface area contributed by atoms with E-state index in [9.17, 15) is 4.79 Å². The average molecular weight is 408 g/mol. The van der Waals surface area contributed by atoms with Crippen LogP contribution in [0.15, 0.2) is 67.0 Å². The second kappa shape index (κ2) is 8.24. The first-order valence-corrected chi connectivity index (χ1v) is 9.48. The van der Waals surface area contributed by atoms with Crippen LogP contribution in [0.1, 0.15) is 19.4 Å². The Hall–Kier alpha value is -3.52. The van der Waals surface area contributed by atoms with Crippen LogP contribution in [0.2, 0.25) is 5.02 Å². The smallest absolute Gasteiger partial charge is 0.251 e. The molecule has 29 heavy (non-hydrogen) atoms. The Balaban J connectivity index is 1.52. The van der Waals surface area contributed by atoms with Crippen LogP contribution >= 0.6 is 11.6 Å². The summed E-state index contributed by atoms with van der Waals surface area (Å²) in [7, 11) is 0. The SMILES string of the molecule is CCC(C(=O)Nc1cccc(-n2cccn2)c1)n1nnc(-c2ccc(Cl)cc2)n1. The fourth-order valence-corrected chi connectivity index (χ4v) is 3.02. The van der Waals surface area contributed by atoms with Crippen LogP contribution in [0.3, 0.4) is 0 Å². The van der Waals surface area contributed by atoms with E-state index in [0.29, 0.717) is 23.0 Å². The van der Waals surface area contributed by atoms with E-state index >= 15 is 0 Å². The first-order valence-electron chi connectivity index (χ1n) is 9.10. The molecule has 2 aromatic carbocycles. The van der Waals surface area contributed by atoms with Gasteiger partial charge in [0.2, 0.25) is 5.82 Å². The Morgan fingerprint density at radius 2 is 2.00 bits per heavy atom. The van der Waals surface area contributed by atoms with Crippen LogP contribution in [0, 0.1) is 0 Å². The van der Waals surface area contributed by atoms with E-state index in [2.05, 4.69) is 25.8 Å². The molecule has 2 heterocycles. The highest BCUT2D eigenvalue weighted by atomic mass is 35.5. The van der Waals surface area contributed by atoms with E-state index in [0.717, 1.165) is 11.3 Å². The predicted molar refractivity (Wildman–Crippen MR) is 110 cm³/mol. The fraction of sp³-hybridized carbons (Fsp3) is 0.150. The molecule has 0 fully saturated rings. The molecule has 0 saturated carbocycles. The molecule has 4 rings (SSSR count). The van der Waals surface area contributed by atoms with Gasteiger partial charge in [-0.05, 0) is 60.2 Å². The molecule has 146 valence electrons. The number of carbonyl (C=O) groups excluding carboxylic acids is 1. The summed E-state index contributed by atoms with van der Waals surface area (Å²) in [4.78, 5) is 14.2. The Labute approximate surface area is 172 Å². The van der Waals surface area contributed by atoms with E-state index in [4.69, 9.17) is 11.6 Å². The third kappa shape index (κ3) is 4.17. The normalized spacial score (nSPS) is 11.9. The van der Waals surface area contributed by atoms with Crippen molar-refractivity contribution in [2.75, 3.05) is 5.32 Å². The highest BCUT2D eigenvalue weighted by Gasteiger charge is 2.22. The zero-order valence-electron chi connectivity index (χ0n) is 15.6. The van der Waals surface area contributed by atoms with Crippen molar-refractivity contribution in [2.45, 2.75) is 19.4 Å². The van der Waals surface area contributed by atoms with Gasteiger partial charge in [-0.25, -0.2) is 4.68 Å². The zero-order valence-corrected chi connectivity index (χ0v) is 16.4. The molecular formula is C20H18ClN7O. The molecule has 0 radical (unpaired) electrons. The quantitative estimate of drug-likeness (QED) is 0.525. The number of nitrogens with one attached hydrogen (secondary N) is 1. The van der Waals surface area contributed by atoms with Crippen molar-refractivity contribution in [1.29, 1.82) is 0 Å². The van der Waals surface area contributed by atoms with Gasteiger partial charge in [-0.2, -0.15) is 9.90 Å². The number of anilines is 1. The molecule has 9 heteroatoms. The van der Waals surface area contributed by atoms with Crippen LogP contribution in [-0.4, -0.2) is 35.9 Å². The van der Waals surface area contributed by atoms with Gasteiger partial charge in [0.05, 0.1) is 5.69 Å². The number of benzene rings is 2. The number of halogens is 1. The maximum atomic E-state index is 12.9. The molecule has 1 N–H and O–H groups in total. The van der Waals surface area contributed by atoms with Gasteiger partial charge < -0.3 is 5.32 Å². The van der Waals surface area contributed by atoms with E-state index in [1.54, 1.807) is 23.0 Å². The summed E-state index contributed by atoms with van der Waals surface area (Å²) in [6.45, 7) is 1.90. The number of carbonyl (C=O) groups is 1. The molecule has 1 amide bonds. The van der Waals surface area contributed by atoms with Gasteiger partial charge in [-0.1, -0.05) is 24.6 Å². The van der Waals surface area contributed by atoms with Gasteiger partial charge in [-0.3, -0.25) is 4.79 Å². The minimum atomic E-state index is -0.586. The van der Waals surface area contributed by atoms with E-state index < -0.39 is 6.04 Å². The van der Waals surface area contributed by atoms with Crippen molar-refractivity contribution in [1.82, 2.24) is 30.0 Å². The Kier molecular flexibility index (Phi) is 5.35. The van der Waals surface area contributed by atoms with Gasteiger partial charge in [0, 0.05) is 28.7 Å². The lowest BCUT2D eigenvalue weighted by Gasteiger charge is -2.14. The van der Waals surface area contributed by atoms with Crippen molar-refractivity contribution in [3.05, 3.63) is 72.0 Å². The summed E-state index contributed by atoms with van der Waals surface area (Å²) in [6, 6.07) is 15.8. The number of hydrogen-bond donors (Lipinski definition) is 1. The summed E-state index contributed by atoms with van der Waals surface area (Å²) in [5, 5.41) is 20.3. The summed E-state index contributed by atoms with van der Waals surface area (Å²) in [5.41, 5.74) is 2.30. The first-order chi connectivity index (χ1) is 14.1. The topological polar surface area (TPSA) is 90.5 Å². The Bertz CT molecular complexity index is 1110. The number of nitrogens with zero attached hydrogens (tertiary/aromatic N) is 6. The molecule has 0 aliphatic carbocycles. The predicted octanol–water partition coefficient (Wildman–Crippen LogP) is 3.77. The number of tetrazole rings is 1. The van der Waals surface area contributed by atoms with Crippen LogP contribution in [0.25, 0.3) is 17.1 Å². The second-order valence-corrected chi connectivity index (χ2v) is 6.79. The largest absolute Gasteiger partial charge is 0.324 e. The number of rotatable bonds is 6. The molecule has 0 aliphatic heterocycles. The molecule has 0 bridgehead atoms. The average Bonchev–Trinajstić information content (AvgIpc) is 3.42. The van der Waals surface area contributed by atoms with E-state index in [-0.39, 0.29) is 5.91 Å². The molecule has 1 unspecified atom stereocenters. The van der Waals surface area contributed by atoms with Crippen molar-refractivity contribution < 1.29 is 4.79 Å². The van der Waals surface area contributed by atoms with Gasteiger partial charge >= 0.3 is 0 Å². The van der Waals surface area contributed by atoms with Crippen LogP contribution in [0.4, 0.5) is 5.69 Å². The minimum Gasteiger partial charge on any atom is -0.324 e. The Morgan fingerprint density at radius 3 is 2.72 bits per heavy atom. The third-order valence-electron chi connectivity index (χ3n) is 4.38. The van der Waals surface area contributed by atoms with Crippen LogP contribution < -0.4 is 5.32 Å². The van der Waals surface area contributed by atoms with Crippen LogP contribution in [0.5, 0.6) is 0 Å². The number of amides is 1.